The minimum absolute atomic E-state index is 0.0553. The van der Waals surface area contributed by atoms with E-state index in [0.717, 1.165) is 5.56 Å². The van der Waals surface area contributed by atoms with Gasteiger partial charge in [0.05, 0.1) is 12.8 Å². The number of hydrogen-bond acceptors (Lipinski definition) is 5. The zero-order valence-corrected chi connectivity index (χ0v) is 13.0. The van der Waals surface area contributed by atoms with E-state index in [1.807, 2.05) is 30.3 Å². The van der Waals surface area contributed by atoms with Crippen molar-refractivity contribution in [1.82, 2.24) is 19.5 Å². The van der Waals surface area contributed by atoms with Crippen molar-refractivity contribution < 1.29 is 9.21 Å². The quantitative estimate of drug-likeness (QED) is 0.586. The lowest BCUT2D eigenvalue weighted by molar-refractivity contribution is 0.0997. The average molecular weight is 335 g/mol. The first-order valence-electron chi connectivity index (χ1n) is 7.51. The van der Waals surface area contributed by atoms with Crippen LogP contribution in [0.2, 0.25) is 0 Å². The van der Waals surface area contributed by atoms with E-state index in [-0.39, 0.29) is 17.0 Å². The summed E-state index contributed by atoms with van der Waals surface area (Å²) in [6.45, 7) is 0.298. The summed E-state index contributed by atoms with van der Waals surface area (Å²) in [6.07, 6.45) is 1.47. The van der Waals surface area contributed by atoms with E-state index >= 15 is 0 Å². The normalized spacial score (nSPS) is 11.0. The summed E-state index contributed by atoms with van der Waals surface area (Å²) in [6, 6.07) is 12.8. The number of primary amides is 1. The number of H-pyrrole nitrogens is 1. The van der Waals surface area contributed by atoms with Crippen LogP contribution in [0.25, 0.3) is 22.7 Å². The summed E-state index contributed by atoms with van der Waals surface area (Å²) in [4.78, 5) is 35.3. The van der Waals surface area contributed by atoms with Crippen molar-refractivity contribution >= 4 is 17.1 Å². The SMILES string of the molecule is NC(=O)c1nc(-c2ccco2)nc2c1[nH]c(=O)n2Cc1ccccc1. The molecule has 3 N–H and O–H groups in total. The third-order valence-corrected chi connectivity index (χ3v) is 3.78. The molecule has 1 amide bonds. The number of hydrogen-bond donors (Lipinski definition) is 2. The summed E-state index contributed by atoms with van der Waals surface area (Å²) >= 11 is 0. The third kappa shape index (κ3) is 2.59. The molecule has 1 aromatic carbocycles. The molecule has 0 aliphatic heterocycles. The molecule has 124 valence electrons. The maximum atomic E-state index is 12.4. The second-order valence-electron chi connectivity index (χ2n) is 5.44. The molecular weight excluding hydrogens is 322 g/mol. The van der Waals surface area contributed by atoms with Gasteiger partial charge in [0.15, 0.2) is 22.9 Å². The van der Waals surface area contributed by atoms with Crippen LogP contribution in [0, 0.1) is 0 Å². The highest BCUT2D eigenvalue weighted by atomic mass is 16.3. The first-order valence-corrected chi connectivity index (χ1v) is 7.51. The predicted molar refractivity (Wildman–Crippen MR) is 89.9 cm³/mol. The average Bonchev–Trinajstić information content (AvgIpc) is 3.24. The van der Waals surface area contributed by atoms with Crippen LogP contribution in [0.4, 0.5) is 0 Å². The molecule has 0 radical (unpaired) electrons. The van der Waals surface area contributed by atoms with Crippen LogP contribution in [0.15, 0.2) is 57.9 Å². The van der Waals surface area contributed by atoms with Gasteiger partial charge in [-0.2, -0.15) is 0 Å². The molecule has 0 saturated heterocycles. The Kier molecular flexibility index (Phi) is 3.42. The number of nitrogens with zero attached hydrogens (tertiary/aromatic N) is 3. The molecule has 8 nitrogen and oxygen atoms in total. The van der Waals surface area contributed by atoms with Gasteiger partial charge in [0.1, 0.15) is 5.52 Å². The van der Waals surface area contributed by atoms with Gasteiger partial charge in [-0.3, -0.25) is 9.36 Å². The first kappa shape index (κ1) is 14.9. The number of nitrogens with one attached hydrogen (secondary N) is 1. The Bertz CT molecular complexity index is 1110. The second-order valence-corrected chi connectivity index (χ2v) is 5.44. The van der Waals surface area contributed by atoms with Crippen molar-refractivity contribution in [2.24, 2.45) is 5.73 Å². The van der Waals surface area contributed by atoms with Crippen molar-refractivity contribution in [3.8, 4) is 11.6 Å². The molecule has 3 aromatic heterocycles. The summed E-state index contributed by atoms with van der Waals surface area (Å²) in [5.74, 6) is -0.190. The van der Waals surface area contributed by atoms with Crippen LogP contribution in [-0.4, -0.2) is 25.4 Å². The molecular formula is C17H13N5O3. The predicted octanol–water partition coefficient (Wildman–Crippen LogP) is 1.53. The van der Waals surface area contributed by atoms with Gasteiger partial charge in [0, 0.05) is 0 Å². The molecule has 0 bridgehead atoms. The summed E-state index contributed by atoms with van der Waals surface area (Å²) in [5, 5.41) is 0. The van der Waals surface area contributed by atoms with E-state index in [1.54, 1.807) is 12.1 Å². The van der Waals surface area contributed by atoms with Crippen LogP contribution < -0.4 is 11.4 Å². The molecule has 0 unspecified atom stereocenters. The molecule has 0 aliphatic carbocycles. The van der Waals surface area contributed by atoms with E-state index in [2.05, 4.69) is 15.0 Å². The van der Waals surface area contributed by atoms with E-state index in [0.29, 0.717) is 18.0 Å². The van der Waals surface area contributed by atoms with Gasteiger partial charge in [-0.05, 0) is 17.7 Å². The van der Waals surface area contributed by atoms with E-state index < -0.39 is 11.6 Å². The van der Waals surface area contributed by atoms with E-state index in [9.17, 15) is 9.59 Å². The second kappa shape index (κ2) is 5.75. The standard InChI is InChI=1S/C17H13N5O3/c18-14(23)12-13-16(21-15(19-12)11-7-4-8-25-11)22(17(24)20-13)9-10-5-2-1-3-6-10/h1-8H,9H2,(H2,18,23)(H,20,24). The van der Waals surface area contributed by atoms with Crippen molar-refractivity contribution in [3.05, 3.63) is 70.5 Å². The lowest BCUT2D eigenvalue weighted by Gasteiger charge is -2.05. The van der Waals surface area contributed by atoms with Crippen molar-refractivity contribution in [1.29, 1.82) is 0 Å². The fraction of sp³-hybridized carbons (Fsp3) is 0.0588. The van der Waals surface area contributed by atoms with E-state index in [4.69, 9.17) is 10.2 Å². The van der Waals surface area contributed by atoms with Crippen LogP contribution >= 0.6 is 0 Å². The van der Waals surface area contributed by atoms with Crippen LogP contribution in [0.5, 0.6) is 0 Å². The monoisotopic (exact) mass is 335 g/mol. The number of fused-ring (bicyclic) bond motifs is 1. The van der Waals surface area contributed by atoms with E-state index in [1.165, 1.54) is 10.8 Å². The van der Waals surface area contributed by atoms with Gasteiger partial charge < -0.3 is 15.1 Å². The maximum absolute atomic E-state index is 12.4. The number of rotatable bonds is 4. The van der Waals surface area contributed by atoms with Gasteiger partial charge >= 0.3 is 5.69 Å². The number of benzene rings is 1. The highest BCUT2D eigenvalue weighted by molar-refractivity contribution is 6.01. The molecule has 4 aromatic rings. The lowest BCUT2D eigenvalue weighted by Crippen LogP contribution is -2.17. The lowest BCUT2D eigenvalue weighted by atomic mass is 10.2. The van der Waals surface area contributed by atoms with Crippen LogP contribution in [-0.2, 0) is 6.54 Å². The van der Waals surface area contributed by atoms with Crippen LogP contribution in [0.1, 0.15) is 16.1 Å². The van der Waals surface area contributed by atoms with Crippen molar-refractivity contribution in [2.45, 2.75) is 6.54 Å². The van der Waals surface area contributed by atoms with Crippen molar-refractivity contribution in [3.63, 3.8) is 0 Å². The fourth-order valence-electron chi connectivity index (χ4n) is 2.64. The minimum atomic E-state index is -0.756. The Balaban J connectivity index is 1.96. The summed E-state index contributed by atoms with van der Waals surface area (Å²) < 4.78 is 6.73. The molecule has 0 aliphatic rings. The van der Waals surface area contributed by atoms with Gasteiger partial charge in [-0.25, -0.2) is 14.8 Å². The molecule has 8 heteroatoms. The zero-order valence-electron chi connectivity index (χ0n) is 13.0. The number of aromatic amines is 1. The van der Waals surface area contributed by atoms with Gasteiger partial charge in [-0.15, -0.1) is 0 Å². The maximum Gasteiger partial charge on any atom is 0.328 e. The third-order valence-electron chi connectivity index (χ3n) is 3.78. The minimum Gasteiger partial charge on any atom is -0.461 e. The number of imidazole rings is 1. The Labute approximate surface area is 140 Å². The largest absolute Gasteiger partial charge is 0.461 e. The highest BCUT2D eigenvalue weighted by Crippen LogP contribution is 2.20. The summed E-state index contributed by atoms with van der Waals surface area (Å²) in [7, 11) is 0. The Morgan fingerprint density at radius 2 is 1.96 bits per heavy atom. The molecule has 0 saturated carbocycles. The van der Waals surface area contributed by atoms with Gasteiger partial charge in [0.2, 0.25) is 0 Å². The Morgan fingerprint density at radius 1 is 1.16 bits per heavy atom. The van der Waals surface area contributed by atoms with Gasteiger partial charge in [-0.1, -0.05) is 30.3 Å². The Hall–Kier alpha value is -3.68. The fourth-order valence-corrected chi connectivity index (χ4v) is 2.64. The first-order chi connectivity index (χ1) is 12.1. The zero-order chi connectivity index (χ0) is 17.4. The molecule has 0 atom stereocenters. The number of carbonyl (C=O) groups excluding carboxylic acids is 1. The molecule has 25 heavy (non-hydrogen) atoms. The highest BCUT2D eigenvalue weighted by Gasteiger charge is 2.20. The number of aromatic nitrogens is 4. The Morgan fingerprint density at radius 3 is 2.64 bits per heavy atom. The summed E-state index contributed by atoms with van der Waals surface area (Å²) in [5.41, 5.74) is 6.40. The number of carbonyl (C=O) groups is 1. The van der Waals surface area contributed by atoms with Crippen LogP contribution in [0.3, 0.4) is 0 Å². The van der Waals surface area contributed by atoms with Crippen molar-refractivity contribution in [2.75, 3.05) is 0 Å². The number of furan rings is 1. The molecule has 3 heterocycles. The molecule has 4 rings (SSSR count). The molecule has 0 fully saturated rings. The van der Waals surface area contributed by atoms with Gasteiger partial charge in [0.25, 0.3) is 5.91 Å². The topological polar surface area (TPSA) is 120 Å². The number of nitrogens with two attached hydrogens (primary N) is 1. The molecule has 0 spiro atoms. The smallest absolute Gasteiger partial charge is 0.328 e. The number of amides is 1.